The summed E-state index contributed by atoms with van der Waals surface area (Å²) >= 11 is 0. The van der Waals surface area contributed by atoms with Crippen molar-refractivity contribution < 1.29 is 57.9 Å². The molecule has 0 radical (unpaired) electrons. The third-order valence-corrected chi connectivity index (χ3v) is 14.8. The highest BCUT2D eigenvalue weighted by atomic mass is 16.6. The number of hydrogen-bond donors (Lipinski definition) is 2. The van der Waals surface area contributed by atoms with E-state index in [1.807, 2.05) is 58.1 Å². The van der Waals surface area contributed by atoms with Crippen molar-refractivity contribution in [1.82, 2.24) is 4.90 Å². The average Bonchev–Trinajstić information content (AvgIpc) is 3.28. The number of rotatable bonds is 6. The van der Waals surface area contributed by atoms with Gasteiger partial charge in [-0.15, -0.1) is 0 Å². The maximum absolute atomic E-state index is 14.4. The van der Waals surface area contributed by atoms with E-state index in [0.29, 0.717) is 56.4 Å². The van der Waals surface area contributed by atoms with Gasteiger partial charge < -0.3 is 38.8 Å². The summed E-state index contributed by atoms with van der Waals surface area (Å²) in [5.74, 6) is -7.07. The van der Waals surface area contributed by atoms with Gasteiger partial charge in [-0.1, -0.05) is 78.0 Å². The Morgan fingerprint density at radius 2 is 1.57 bits per heavy atom. The van der Waals surface area contributed by atoms with Crippen LogP contribution in [0.4, 0.5) is 0 Å². The van der Waals surface area contributed by atoms with Crippen LogP contribution in [-0.2, 0) is 47.7 Å². The zero-order chi connectivity index (χ0) is 48.2. The number of carbonyl (C=O) groups excluding carboxylic acids is 5. The van der Waals surface area contributed by atoms with E-state index in [9.17, 15) is 34.2 Å². The molecule has 3 aliphatic heterocycles. The zero-order valence-electron chi connectivity index (χ0n) is 41.2. The summed E-state index contributed by atoms with van der Waals surface area (Å²) in [6, 6.07) is -1.11. The van der Waals surface area contributed by atoms with Crippen LogP contribution in [0.15, 0.2) is 47.6 Å². The Labute approximate surface area is 388 Å². The highest BCUT2D eigenvalue weighted by Gasteiger charge is 2.53. The third-order valence-electron chi connectivity index (χ3n) is 14.8. The molecule has 2 bridgehead atoms. The van der Waals surface area contributed by atoms with Gasteiger partial charge in [0.05, 0.1) is 18.3 Å². The first-order valence-corrected chi connectivity index (χ1v) is 24.2. The second-order valence-electron chi connectivity index (χ2n) is 20.0. The second kappa shape index (κ2) is 25.2. The van der Waals surface area contributed by atoms with Crippen LogP contribution in [0.2, 0.25) is 0 Å². The number of fused-ring (bicyclic) bond motifs is 3. The van der Waals surface area contributed by atoms with Gasteiger partial charge in [0.2, 0.25) is 5.79 Å². The third kappa shape index (κ3) is 14.3. The minimum atomic E-state index is -2.41. The van der Waals surface area contributed by atoms with Crippen LogP contribution in [0.5, 0.6) is 0 Å². The molecule has 3 heterocycles. The van der Waals surface area contributed by atoms with Gasteiger partial charge in [-0.25, -0.2) is 4.79 Å². The van der Waals surface area contributed by atoms with Gasteiger partial charge in [0.25, 0.3) is 11.7 Å². The fourth-order valence-electron chi connectivity index (χ4n) is 10.4. The molecule has 13 heteroatoms. The van der Waals surface area contributed by atoms with Crippen LogP contribution in [0.3, 0.4) is 0 Å². The van der Waals surface area contributed by atoms with E-state index < -0.39 is 77.8 Å². The lowest BCUT2D eigenvalue weighted by molar-refractivity contribution is -0.265. The van der Waals surface area contributed by atoms with Gasteiger partial charge >= 0.3 is 5.97 Å². The smallest absolute Gasteiger partial charge is 0.329 e. The van der Waals surface area contributed by atoms with Crippen LogP contribution < -0.4 is 0 Å². The number of amides is 1. The van der Waals surface area contributed by atoms with E-state index in [1.165, 1.54) is 12.0 Å². The summed E-state index contributed by atoms with van der Waals surface area (Å²) < 4.78 is 29.7. The summed E-state index contributed by atoms with van der Waals surface area (Å²) in [6.07, 6.45) is 13.6. The van der Waals surface area contributed by atoms with Crippen molar-refractivity contribution in [1.29, 1.82) is 0 Å². The molecule has 4 rings (SSSR count). The van der Waals surface area contributed by atoms with E-state index in [-0.39, 0.29) is 54.8 Å². The molecule has 1 amide bonds. The predicted octanol–water partition coefficient (Wildman–Crippen LogP) is 7.46. The first-order valence-electron chi connectivity index (χ1n) is 24.2. The molecule has 0 aromatic heterocycles. The SMILES string of the molecule is CO[C@H]1C[C@@H]2CC[C@@H](C)[C@@](O)(O2)C(=O)C(=O)N2CCCC[C@H]2C(=O)O[C@H]([C@H](C)C[C@@H]2CC[C@H](C)[C@H](OC)C2)CC(=O)[C@H](C)/C=C(\C)[C@@H](O)[C@@H](OC)C(=O)[C@H](C)C[C@H](C)/C=C/C=CC=C1C. The number of aliphatic hydroxyl groups is 2. The number of aliphatic hydroxyl groups excluding tert-OH is 1. The van der Waals surface area contributed by atoms with Crippen LogP contribution in [0.1, 0.15) is 132 Å². The minimum Gasteiger partial charge on any atom is -0.460 e. The van der Waals surface area contributed by atoms with Crippen molar-refractivity contribution in [3.63, 3.8) is 0 Å². The van der Waals surface area contributed by atoms with E-state index in [0.717, 1.165) is 24.8 Å². The monoisotopic (exact) mass is 912 g/mol. The number of ketones is 3. The van der Waals surface area contributed by atoms with Gasteiger partial charge in [-0.3, -0.25) is 19.2 Å². The van der Waals surface area contributed by atoms with Gasteiger partial charge in [0, 0.05) is 58.5 Å². The summed E-state index contributed by atoms with van der Waals surface area (Å²) in [5, 5.41) is 23.4. The minimum absolute atomic E-state index is 0.0304. The van der Waals surface area contributed by atoms with Crippen LogP contribution in [-0.4, -0.2) is 121 Å². The fourth-order valence-corrected chi connectivity index (χ4v) is 10.4. The molecule has 13 nitrogen and oxygen atoms in total. The number of ether oxygens (including phenoxy) is 5. The van der Waals surface area contributed by atoms with Crippen LogP contribution >= 0.6 is 0 Å². The van der Waals surface area contributed by atoms with Gasteiger partial charge in [0.1, 0.15) is 30.1 Å². The summed E-state index contributed by atoms with van der Waals surface area (Å²) in [7, 11) is 4.70. The van der Waals surface area contributed by atoms with E-state index in [4.69, 9.17) is 23.7 Å². The fraction of sp³-hybridized carbons (Fsp3) is 0.750. The molecule has 1 saturated carbocycles. The van der Waals surface area contributed by atoms with E-state index >= 15 is 0 Å². The molecule has 2 saturated heterocycles. The maximum atomic E-state index is 14.4. The number of carbonyl (C=O) groups is 5. The first kappa shape index (κ1) is 54.3. The van der Waals surface area contributed by atoms with Crippen molar-refractivity contribution in [3.8, 4) is 0 Å². The summed E-state index contributed by atoms with van der Waals surface area (Å²) in [4.78, 5) is 71.9. The molecule has 0 spiro atoms. The summed E-state index contributed by atoms with van der Waals surface area (Å²) in [6.45, 7) is 15.1. The second-order valence-corrected chi connectivity index (χ2v) is 20.0. The topological polar surface area (TPSA) is 175 Å². The Balaban J connectivity index is 1.70. The molecule has 3 fully saturated rings. The Bertz CT molecular complexity index is 1750. The molecule has 0 aromatic carbocycles. The van der Waals surface area contributed by atoms with Crippen molar-refractivity contribution in [2.75, 3.05) is 27.9 Å². The van der Waals surface area contributed by atoms with Crippen molar-refractivity contribution >= 4 is 29.2 Å². The van der Waals surface area contributed by atoms with E-state index in [1.54, 1.807) is 41.1 Å². The largest absolute Gasteiger partial charge is 0.460 e. The highest BCUT2D eigenvalue weighted by Crippen LogP contribution is 2.38. The Hall–Kier alpha value is -3.33. The molecular formula is C52H81NO12. The standard InChI is InChI=1S/C52H81NO12/c1-31-17-13-12-14-18-32(2)44(62-10)29-40-23-21-38(8)52(60,65-40)49(57)50(58)53-24-16-15-19-41(53)51(59)64-45(35(5)27-39-22-20-33(3)43(28-39)61-9)30-42(54)34(4)26-37(7)47(56)48(63-11)46(55)36(6)25-31/h12-14,17-18,26,31,33-36,38-41,43-45,47-48,56,60H,15-16,19-25,27-30H2,1-11H3/b14-12?,17-13+,32-18?,37-26+/t31-,33+,34-,35-,36-,38-,39+,40+,41+,43-,44+,45+,47-,48+,52-/m1/s1. The number of hydrogen-bond acceptors (Lipinski definition) is 12. The number of allylic oxidation sites excluding steroid dienone is 6. The average molecular weight is 912 g/mol. The first-order chi connectivity index (χ1) is 30.7. The number of piperidine rings is 1. The molecule has 1 aliphatic carbocycles. The molecular weight excluding hydrogens is 831 g/mol. The van der Waals surface area contributed by atoms with Crippen LogP contribution in [0.25, 0.3) is 0 Å². The zero-order valence-corrected chi connectivity index (χ0v) is 41.2. The molecule has 15 atom stereocenters. The molecule has 0 aromatic rings. The lowest BCUT2D eigenvalue weighted by Gasteiger charge is -2.42. The van der Waals surface area contributed by atoms with Crippen molar-refractivity contribution in [2.45, 2.75) is 181 Å². The van der Waals surface area contributed by atoms with Crippen molar-refractivity contribution in [3.05, 3.63) is 47.6 Å². The number of nitrogens with zero attached hydrogens (tertiary/aromatic N) is 1. The Kier molecular flexibility index (Phi) is 21.0. The summed E-state index contributed by atoms with van der Waals surface area (Å²) in [5.41, 5.74) is 1.30. The molecule has 2 N–H and O–H groups in total. The molecule has 0 unspecified atom stereocenters. The highest BCUT2D eigenvalue weighted by molar-refractivity contribution is 6.39. The van der Waals surface area contributed by atoms with Gasteiger partial charge in [-0.05, 0) is 113 Å². The Morgan fingerprint density at radius 3 is 2.25 bits per heavy atom. The lowest BCUT2D eigenvalue weighted by Crippen LogP contribution is -2.61. The predicted molar refractivity (Wildman–Crippen MR) is 248 cm³/mol. The van der Waals surface area contributed by atoms with Gasteiger partial charge in [0.15, 0.2) is 5.78 Å². The molecule has 65 heavy (non-hydrogen) atoms. The molecule has 366 valence electrons. The number of methoxy groups -OCH3 is 3. The van der Waals surface area contributed by atoms with E-state index in [2.05, 4.69) is 6.92 Å². The maximum Gasteiger partial charge on any atom is 0.329 e. The molecule has 4 aliphatic rings. The lowest BCUT2D eigenvalue weighted by atomic mass is 9.76. The number of Topliss-reactive ketones (excluding diaryl/α,β-unsaturated/α-hetero) is 3. The Morgan fingerprint density at radius 1 is 0.846 bits per heavy atom. The van der Waals surface area contributed by atoms with Gasteiger partial charge in [-0.2, -0.15) is 0 Å². The number of esters is 1. The van der Waals surface area contributed by atoms with Crippen LogP contribution in [0, 0.1) is 41.4 Å². The quantitative estimate of drug-likeness (QED) is 0.153. The number of cyclic esters (lactones) is 1. The van der Waals surface area contributed by atoms with Crippen molar-refractivity contribution in [2.24, 2.45) is 41.4 Å². The normalized spacial score (nSPS) is 39.1.